The zero-order valence-corrected chi connectivity index (χ0v) is 49.0. The molecule has 0 bridgehead atoms. The number of amides is 1. The highest BCUT2D eigenvalue weighted by Gasteiger charge is 2.44. The number of nitrogens with one attached hydrogen (secondary N) is 1. The lowest BCUT2D eigenvalue weighted by Gasteiger charge is -2.40. The van der Waals surface area contributed by atoms with Crippen molar-refractivity contribution < 1.29 is 50.0 Å². The smallest absolute Gasteiger partial charge is 0.249 e. The number of aliphatic hydroxyl groups excluding tert-OH is 7. The van der Waals surface area contributed by atoms with Crippen LogP contribution < -0.4 is 5.32 Å². The molecule has 1 aliphatic heterocycles. The van der Waals surface area contributed by atoms with Gasteiger partial charge < -0.3 is 50.5 Å². The number of hydrogen-bond donors (Lipinski definition) is 8. The average Bonchev–Trinajstić information content (AvgIpc) is 3.42. The van der Waals surface area contributed by atoms with E-state index < -0.39 is 74.2 Å². The Bertz CT molecular complexity index is 1370. The second kappa shape index (κ2) is 53.7. The summed E-state index contributed by atoms with van der Waals surface area (Å²) in [6, 6.07) is -1.19. The van der Waals surface area contributed by atoms with Gasteiger partial charge in [0.25, 0.3) is 0 Å². The Morgan fingerprint density at radius 1 is 0.447 bits per heavy atom. The molecule has 0 aromatic rings. The molecule has 1 rings (SSSR count). The molecule has 0 radical (unpaired) electrons. The van der Waals surface area contributed by atoms with Gasteiger partial charge in [-0.05, 0) is 83.5 Å². The Kier molecular flexibility index (Phi) is 50.9. The summed E-state index contributed by atoms with van der Waals surface area (Å²) in [5.74, 6) is -0.710. The fraction of sp³-hybridized carbons (Fsp3) is 0.862. The number of aliphatic hydroxyl groups is 7. The highest BCUT2D eigenvalue weighted by atomic mass is 16.7. The second-order valence-corrected chi connectivity index (χ2v) is 22.5. The standard InChI is InChI=1S/C65H121NO10/c1-3-5-7-9-11-13-15-17-19-20-21-22-23-24-25-26-27-28-29-30-31-32-33-34-35-36-37-39-41-43-45-47-49-51-53-58(69)64(74)66-56(55-75-65-63(73)62(72)61(71)59(54-67)76-65)60(70)57(68)52-50-48-46-44-42-40-38-18-16-14-12-10-8-6-4-2/h10,12,18,26-27,38,44,46,56-63,65,67-73H,3-9,11,13-17,19-25,28-37,39-43,45,47-55H2,1-2H3,(H,66,74)/b12-10+,27-26-,38-18+,46-44+. The van der Waals surface area contributed by atoms with Crippen LogP contribution in [0.3, 0.4) is 0 Å². The topological polar surface area (TPSA) is 189 Å². The van der Waals surface area contributed by atoms with Crippen molar-refractivity contribution in [1.29, 1.82) is 0 Å². The molecule has 1 fully saturated rings. The summed E-state index contributed by atoms with van der Waals surface area (Å²) in [6.07, 6.45) is 57.7. The Morgan fingerprint density at radius 2 is 0.803 bits per heavy atom. The molecule has 0 spiro atoms. The van der Waals surface area contributed by atoms with Crippen LogP contribution in [0.2, 0.25) is 0 Å². The molecule has 446 valence electrons. The lowest BCUT2D eigenvalue weighted by atomic mass is 9.98. The summed E-state index contributed by atoms with van der Waals surface area (Å²) in [4.78, 5) is 13.2. The molecular formula is C65H121NO10. The van der Waals surface area contributed by atoms with Gasteiger partial charge in [-0.2, -0.15) is 0 Å². The molecule has 1 amide bonds. The van der Waals surface area contributed by atoms with Crippen LogP contribution in [-0.4, -0.2) is 110 Å². The third kappa shape index (κ3) is 41.1. The van der Waals surface area contributed by atoms with E-state index in [0.717, 1.165) is 51.4 Å². The minimum atomic E-state index is -1.67. The van der Waals surface area contributed by atoms with Crippen LogP contribution in [0, 0.1) is 0 Å². The SMILES string of the molecule is CCCC/C=C/CC/C=C/CC/C=C/CCCC(O)C(O)C(COC1OC(CO)C(O)C(O)C1O)NC(=O)C(O)CCCCCCCCCCCCCCCCCC/C=C\CCCCCCCCCCCCCCCC. The van der Waals surface area contributed by atoms with Gasteiger partial charge in [-0.25, -0.2) is 0 Å². The molecule has 11 heteroatoms. The summed E-state index contributed by atoms with van der Waals surface area (Å²) in [5, 5.41) is 76.1. The van der Waals surface area contributed by atoms with E-state index in [1.807, 2.05) is 0 Å². The van der Waals surface area contributed by atoms with Crippen LogP contribution in [0.4, 0.5) is 0 Å². The minimum absolute atomic E-state index is 0.241. The normalized spacial score (nSPS) is 19.9. The number of unbranched alkanes of at least 4 members (excludes halogenated alkanes) is 35. The Morgan fingerprint density at radius 3 is 1.21 bits per heavy atom. The lowest BCUT2D eigenvalue weighted by molar-refractivity contribution is -0.303. The monoisotopic (exact) mass is 1080 g/mol. The maximum Gasteiger partial charge on any atom is 0.249 e. The molecule has 1 saturated heterocycles. The van der Waals surface area contributed by atoms with Gasteiger partial charge in [0.15, 0.2) is 6.29 Å². The van der Waals surface area contributed by atoms with E-state index in [2.05, 4.69) is 67.8 Å². The quantitative estimate of drug-likeness (QED) is 0.0215. The highest BCUT2D eigenvalue weighted by Crippen LogP contribution is 2.23. The van der Waals surface area contributed by atoms with Crippen molar-refractivity contribution in [3.8, 4) is 0 Å². The van der Waals surface area contributed by atoms with Gasteiger partial charge in [0.05, 0.1) is 25.4 Å². The summed E-state index contributed by atoms with van der Waals surface area (Å²) >= 11 is 0. The number of carbonyl (C=O) groups excluding carboxylic acids is 1. The van der Waals surface area contributed by atoms with E-state index in [9.17, 15) is 40.5 Å². The van der Waals surface area contributed by atoms with Gasteiger partial charge in [0, 0.05) is 0 Å². The molecule has 0 saturated carbocycles. The lowest BCUT2D eigenvalue weighted by Crippen LogP contribution is -2.60. The number of rotatable bonds is 55. The van der Waals surface area contributed by atoms with Gasteiger partial charge in [-0.1, -0.05) is 255 Å². The van der Waals surface area contributed by atoms with E-state index in [-0.39, 0.29) is 12.8 Å². The maximum absolute atomic E-state index is 13.2. The number of carbonyl (C=O) groups is 1. The van der Waals surface area contributed by atoms with Crippen molar-refractivity contribution in [2.75, 3.05) is 13.2 Å². The van der Waals surface area contributed by atoms with E-state index >= 15 is 0 Å². The van der Waals surface area contributed by atoms with Gasteiger partial charge >= 0.3 is 0 Å². The van der Waals surface area contributed by atoms with E-state index in [1.54, 1.807) is 0 Å². The second-order valence-electron chi connectivity index (χ2n) is 22.5. The van der Waals surface area contributed by atoms with Crippen LogP contribution >= 0.6 is 0 Å². The van der Waals surface area contributed by atoms with E-state index in [1.165, 1.54) is 193 Å². The van der Waals surface area contributed by atoms with Crippen molar-refractivity contribution in [1.82, 2.24) is 5.32 Å². The fourth-order valence-corrected chi connectivity index (χ4v) is 10.1. The van der Waals surface area contributed by atoms with Gasteiger partial charge in [0.1, 0.15) is 36.6 Å². The molecule has 9 atom stereocenters. The summed E-state index contributed by atoms with van der Waals surface area (Å²) < 4.78 is 11.1. The molecule has 76 heavy (non-hydrogen) atoms. The molecular weight excluding hydrogens is 955 g/mol. The number of allylic oxidation sites excluding steroid dienone is 8. The predicted octanol–water partition coefficient (Wildman–Crippen LogP) is 14.4. The Hall–Kier alpha value is -1.93. The first-order valence-electron chi connectivity index (χ1n) is 32.0. The molecule has 8 N–H and O–H groups in total. The summed E-state index contributed by atoms with van der Waals surface area (Å²) in [6.45, 7) is 3.41. The van der Waals surface area contributed by atoms with Crippen LogP contribution in [0.25, 0.3) is 0 Å². The van der Waals surface area contributed by atoms with Crippen molar-refractivity contribution in [2.45, 2.75) is 345 Å². The zero-order valence-electron chi connectivity index (χ0n) is 49.0. The highest BCUT2D eigenvalue weighted by molar-refractivity contribution is 5.80. The zero-order chi connectivity index (χ0) is 55.4. The first-order chi connectivity index (χ1) is 37.2. The van der Waals surface area contributed by atoms with Crippen LogP contribution in [0.5, 0.6) is 0 Å². The van der Waals surface area contributed by atoms with Crippen LogP contribution in [0.15, 0.2) is 48.6 Å². The molecule has 9 unspecified atom stereocenters. The van der Waals surface area contributed by atoms with Gasteiger partial charge in [-0.3, -0.25) is 4.79 Å². The van der Waals surface area contributed by atoms with Crippen molar-refractivity contribution in [2.24, 2.45) is 0 Å². The number of ether oxygens (including phenoxy) is 2. The molecule has 1 heterocycles. The third-order valence-electron chi connectivity index (χ3n) is 15.3. The number of hydrogen-bond acceptors (Lipinski definition) is 10. The van der Waals surface area contributed by atoms with Crippen molar-refractivity contribution >= 4 is 5.91 Å². The first-order valence-corrected chi connectivity index (χ1v) is 32.0. The minimum Gasteiger partial charge on any atom is -0.394 e. The van der Waals surface area contributed by atoms with E-state index in [4.69, 9.17) is 9.47 Å². The Labute approximate surface area is 466 Å². The van der Waals surface area contributed by atoms with Crippen molar-refractivity contribution in [3.05, 3.63) is 48.6 Å². The molecule has 11 nitrogen and oxygen atoms in total. The molecule has 0 aliphatic carbocycles. The van der Waals surface area contributed by atoms with Crippen LogP contribution in [0.1, 0.15) is 290 Å². The summed E-state index contributed by atoms with van der Waals surface area (Å²) in [5.41, 5.74) is 0. The van der Waals surface area contributed by atoms with Crippen LogP contribution in [-0.2, 0) is 14.3 Å². The fourth-order valence-electron chi connectivity index (χ4n) is 10.1. The maximum atomic E-state index is 13.2. The Balaban J connectivity index is 2.18. The molecule has 0 aromatic heterocycles. The third-order valence-corrected chi connectivity index (χ3v) is 15.3. The summed E-state index contributed by atoms with van der Waals surface area (Å²) in [7, 11) is 0. The van der Waals surface area contributed by atoms with Gasteiger partial charge in [0.2, 0.25) is 5.91 Å². The largest absolute Gasteiger partial charge is 0.394 e. The average molecular weight is 1080 g/mol. The molecule has 1 aliphatic rings. The van der Waals surface area contributed by atoms with Gasteiger partial charge in [-0.15, -0.1) is 0 Å². The molecule has 0 aromatic carbocycles. The van der Waals surface area contributed by atoms with Crippen molar-refractivity contribution in [3.63, 3.8) is 0 Å². The predicted molar refractivity (Wildman–Crippen MR) is 316 cm³/mol. The first kappa shape index (κ1) is 72.1. The van der Waals surface area contributed by atoms with E-state index in [0.29, 0.717) is 19.3 Å².